The van der Waals surface area contributed by atoms with E-state index in [0.29, 0.717) is 0 Å². The van der Waals surface area contributed by atoms with Crippen molar-refractivity contribution in [1.82, 2.24) is 0 Å². The van der Waals surface area contributed by atoms with E-state index < -0.39 is 17.7 Å². The van der Waals surface area contributed by atoms with E-state index in [1.807, 2.05) is 0 Å². The molecule has 0 aromatic heterocycles. The summed E-state index contributed by atoms with van der Waals surface area (Å²) < 4.78 is 13.1. The molecule has 0 radical (unpaired) electrons. The van der Waals surface area contributed by atoms with Crippen molar-refractivity contribution in [2.45, 2.75) is 12.8 Å². The number of halogens is 2. The van der Waals surface area contributed by atoms with E-state index in [1.165, 1.54) is 6.92 Å². The van der Waals surface area contributed by atoms with Crippen LogP contribution in [0.5, 0.6) is 5.75 Å². The first-order valence-corrected chi connectivity index (χ1v) is 4.63. The van der Waals surface area contributed by atoms with Crippen LogP contribution in [0.25, 0.3) is 0 Å². The van der Waals surface area contributed by atoms with Crippen molar-refractivity contribution < 1.29 is 19.4 Å². The van der Waals surface area contributed by atoms with Crippen LogP contribution in [0.4, 0.5) is 4.39 Å². The van der Waals surface area contributed by atoms with Gasteiger partial charge in [-0.25, -0.2) is 4.39 Å². The van der Waals surface area contributed by atoms with Crippen LogP contribution in [-0.4, -0.2) is 16.2 Å². The summed E-state index contributed by atoms with van der Waals surface area (Å²) in [5, 5.41) is 18.0. The van der Waals surface area contributed by atoms with Crippen molar-refractivity contribution in [2.24, 2.45) is 0 Å². The lowest BCUT2D eigenvalue weighted by molar-refractivity contribution is -0.138. The van der Waals surface area contributed by atoms with Gasteiger partial charge in [0.25, 0.3) is 0 Å². The molecule has 0 fully saturated rings. The Morgan fingerprint density at radius 3 is 2.64 bits per heavy atom. The third-order valence-corrected chi connectivity index (χ3v) is 2.51. The summed E-state index contributed by atoms with van der Waals surface area (Å²) >= 11 is 2.88. The Balaban J connectivity index is 3.22. The van der Waals surface area contributed by atoms with Crippen LogP contribution in [0.3, 0.4) is 0 Å². The smallest absolute Gasteiger partial charge is 0.310 e. The second-order valence-corrected chi connectivity index (χ2v) is 3.74. The van der Waals surface area contributed by atoms with Crippen molar-refractivity contribution >= 4 is 21.9 Å². The molecule has 76 valence electrons. The van der Waals surface area contributed by atoms with Gasteiger partial charge in [-0.15, -0.1) is 0 Å². The lowest BCUT2D eigenvalue weighted by Crippen LogP contribution is -2.08. The van der Waals surface area contributed by atoms with Gasteiger partial charge in [-0.3, -0.25) is 4.79 Å². The monoisotopic (exact) mass is 262 g/mol. The lowest BCUT2D eigenvalue weighted by atomic mass is 10.0. The van der Waals surface area contributed by atoms with Crippen LogP contribution >= 0.6 is 15.9 Å². The van der Waals surface area contributed by atoms with Gasteiger partial charge in [0.1, 0.15) is 11.6 Å². The number of carboxylic acids is 1. The zero-order chi connectivity index (χ0) is 10.9. The van der Waals surface area contributed by atoms with Gasteiger partial charge in [0.2, 0.25) is 0 Å². The zero-order valence-corrected chi connectivity index (χ0v) is 8.88. The molecule has 0 aliphatic rings. The maximum Gasteiger partial charge on any atom is 0.310 e. The summed E-state index contributed by atoms with van der Waals surface area (Å²) in [6.07, 6.45) is 0. The van der Waals surface area contributed by atoms with Crippen molar-refractivity contribution in [2.75, 3.05) is 0 Å². The highest BCUT2D eigenvalue weighted by Gasteiger charge is 2.19. The first kappa shape index (κ1) is 11.0. The van der Waals surface area contributed by atoms with E-state index in [9.17, 15) is 14.3 Å². The van der Waals surface area contributed by atoms with Crippen LogP contribution in [-0.2, 0) is 4.79 Å². The third-order valence-electron chi connectivity index (χ3n) is 1.91. The molecule has 0 saturated carbocycles. The second-order valence-electron chi connectivity index (χ2n) is 2.89. The van der Waals surface area contributed by atoms with Crippen LogP contribution in [0.1, 0.15) is 18.4 Å². The minimum absolute atomic E-state index is 0.0678. The normalized spacial score (nSPS) is 12.5. The largest absolute Gasteiger partial charge is 0.508 e. The fraction of sp³-hybridized carbons (Fsp3) is 0.222. The standard InChI is InChI=1S/C9H8BrFO3/c1-4(9(13)14)5-2-7(11)6(10)3-8(5)12/h2-4,12H,1H3,(H,13,14). The molecule has 1 aromatic rings. The number of phenols is 1. The van der Waals surface area contributed by atoms with Gasteiger partial charge in [0, 0.05) is 5.56 Å². The summed E-state index contributed by atoms with van der Waals surface area (Å²) in [6.45, 7) is 1.38. The van der Waals surface area contributed by atoms with E-state index in [0.717, 1.165) is 12.1 Å². The van der Waals surface area contributed by atoms with Crippen LogP contribution in [0.15, 0.2) is 16.6 Å². The summed E-state index contributed by atoms with van der Waals surface area (Å²) in [6, 6.07) is 2.16. The van der Waals surface area contributed by atoms with Gasteiger partial charge < -0.3 is 10.2 Å². The predicted molar refractivity (Wildman–Crippen MR) is 51.8 cm³/mol. The molecule has 0 heterocycles. The molecule has 1 rings (SSSR count). The Bertz CT molecular complexity index is 379. The Morgan fingerprint density at radius 1 is 1.57 bits per heavy atom. The van der Waals surface area contributed by atoms with E-state index >= 15 is 0 Å². The number of aromatic hydroxyl groups is 1. The maximum absolute atomic E-state index is 13.0. The molecule has 0 spiro atoms. The van der Waals surface area contributed by atoms with Gasteiger partial charge in [0.05, 0.1) is 10.4 Å². The average Bonchev–Trinajstić information content (AvgIpc) is 2.10. The average molecular weight is 263 g/mol. The van der Waals surface area contributed by atoms with E-state index in [4.69, 9.17) is 5.11 Å². The second kappa shape index (κ2) is 3.96. The molecule has 0 aliphatic carbocycles. The molecular weight excluding hydrogens is 255 g/mol. The molecule has 2 N–H and O–H groups in total. The summed E-state index contributed by atoms with van der Waals surface area (Å²) in [7, 11) is 0. The molecule has 1 atom stereocenters. The Morgan fingerprint density at radius 2 is 2.14 bits per heavy atom. The highest BCUT2D eigenvalue weighted by molar-refractivity contribution is 9.10. The highest BCUT2D eigenvalue weighted by Crippen LogP contribution is 2.30. The first-order chi connectivity index (χ1) is 6.43. The minimum atomic E-state index is -1.11. The van der Waals surface area contributed by atoms with Crippen LogP contribution in [0.2, 0.25) is 0 Å². The number of carboxylic acid groups (broad SMARTS) is 1. The Labute approximate surface area is 88.3 Å². The van der Waals surface area contributed by atoms with Gasteiger partial charge >= 0.3 is 5.97 Å². The Hall–Kier alpha value is -1.10. The number of aliphatic carboxylic acids is 1. The lowest BCUT2D eigenvalue weighted by Gasteiger charge is -2.09. The quantitative estimate of drug-likeness (QED) is 0.861. The molecule has 0 bridgehead atoms. The van der Waals surface area contributed by atoms with Gasteiger partial charge in [-0.05, 0) is 35.0 Å². The number of carbonyl (C=O) groups is 1. The fourth-order valence-corrected chi connectivity index (χ4v) is 1.36. The summed E-state index contributed by atoms with van der Waals surface area (Å²) in [5.74, 6) is -2.86. The molecule has 0 saturated heterocycles. The van der Waals surface area contributed by atoms with E-state index in [1.54, 1.807) is 0 Å². The number of phenolic OH excluding ortho intramolecular Hbond substituents is 1. The highest BCUT2D eigenvalue weighted by atomic mass is 79.9. The molecule has 1 aromatic carbocycles. The van der Waals surface area contributed by atoms with E-state index in [2.05, 4.69) is 15.9 Å². The molecule has 0 aliphatic heterocycles. The minimum Gasteiger partial charge on any atom is -0.508 e. The SMILES string of the molecule is CC(C(=O)O)c1cc(F)c(Br)cc1O. The zero-order valence-electron chi connectivity index (χ0n) is 7.29. The van der Waals surface area contributed by atoms with Crippen molar-refractivity contribution in [3.8, 4) is 5.75 Å². The van der Waals surface area contributed by atoms with Crippen molar-refractivity contribution in [3.05, 3.63) is 28.0 Å². The topological polar surface area (TPSA) is 57.5 Å². The molecule has 1 unspecified atom stereocenters. The number of hydrogen-bond acceptors (Lipinski definition) is 2. The van der Waals surface area contributed by atoms with Gasteiger partial charge in [0.15, 0.2) is 0 Å². The van der Waals surface area contributed by atoms with Crippen LogP contribution < -0.4 is 0 Å². The molecular formula is C9H8BrFO3. The summed E-state index contributed by atoms with van der Waals surface area (Å²) in [4.78, 5) is 10.6. The fourth-order valence-electron chi connectivity index (χ4n) is 1.03. The van der Waals surface area contributed by atoms with E-state index in [-0.39, 0.29) is 15.8 Å². The number of hydrogen-bond donors (Lipinski definition) is 2. The first-order valence-electron chi connectivity index (χ1n) is 3.84. The maximum atomic E-state index is 13.0. The van der Waals surface area contributed by atoms with Gasteiger partial charge in [-0.2, -0.15) is 0 Å². The predicted octanol–water partition coefficient (Wildman–Crippen LogP) is 2.48. The van der Waals surface area contributed by atoms with Crippen molar-refractivity contribution in [3.63, 3.8) is 0 Å². The van der Waals surface area contributed by atoms with Gasteiger partial charge in [-0.1, -0.05) is 0 Å². The number of benzene rings is 1. The third kappa shape index (κ3) is 2.04. The van der Waals surface area contributed by atoms with Crippen molar-refractivity contribution in [1.29, 1.82) is 0 Å². The molecule has 14 heavy (non-hydrogen) atoms. The Kier molecular flexibility index (Phi) is 3.10. The molecule has 3 nitrogen and oxygen atoms in total. The van der Waals surface area contributed by atoms with Crippen LogP contribution in [0, 0.1) is 5.82 Å². The summed E-state index contributed by atoms with van der Waals surface area (Å²) in [5.41, 5.74) is 0.0678. The molecule has 0 amide bonds. The number of rotatable bonds is 2. The molecule has 5 heteroatoms.